The van der Waals surface area contributed by atoms with E-state index >= 15 is 0 Å². The molecule has 0 aliphatic carbocycles. The molecule has 4 rings (SSSR count). The molecule has 176 valence electrons. The van der Waals surface area contributed by atoms with Crippen LogP contribution in [0, 0.1) is 0 Å². The van der Waals surface area contributed by atoms with Gasteiger partial charge >= 0.3 is 1.43 Å². The molecule has 0 heterocycles. The number of hydrogen-bond donors (Lipinski definition) is 0. The van der Waals surface area contributed by atoms with Crippen LogP contribution in [0.15, 0.2) is 121 Å². The van der Waals surface area contributed by atoms with Gasteiger partial charge in [0.2, 0.25) is 0 Å². The van der Waals surface area contributed by atoms with Gasteiger partial charge in [-0.3, -0.25) is 16.3 Å². The first kappa shape index (κ1) is 27.0. The Balaban J connectivity index is 0.000000297. The molecule has 0 saturated heterocycles. The van der Waals surface area contributed by atoms with Crippen molar-refractivity contribution in [3.8, 4) is 0 Å². The molecule has 0 bridgehead atoms. The zero-order valence-electron chi connectivity index (χ0n) is 21.2. The maximum atomic E-state index is 8.42. The van der Waals surface area contributed by atoms with Crippen LogP contribution in [0.1, 0.15) is 1.43 Å². The Morgan fingerprint density at radius 1 is 0.412 bits per heavy atom. The minimum Gasteiger partial charge on any atom is -0.907 e. The fourth-order valence-electron chi connectivity index (χ4n) is 3.50. The number of benzene rings is 4. The Morgan fingerprint density at radius 2 is 0.559 bits per heavy atom. The van der Waals surface area contributed by atoms with Crippen LogP contribution in [0.3, 0.4) is 0 Å². The molecular weight excluding hydrogens is 423 g/mol. The summed E-state index contributed by atoms with van der Waals surface area (Å²) in [6, 6.07) is 42.1. The number of quaternary nitrogens is 2. The molecule has 5 nitrogen and oxygen atoms in total. The third-order valence-electron chi connectivity index (χ3n) is 5.61. The number of hydrogen-bond acceptors (Lipinski definition) is 3. The molecule has 0 radical (unpaired) electrons. The van der Waals surface area contributed by atoms with Crippen LogP contribution in [-0.2, 0) is 0 Å². The van der Waals surface area contributed by atoms with Gasteiger partial charge in [0.05, 0.1) is 28.2 Å². The molecule has 6 heteroatoms. The second-order valence-electron chi connectivity index (χ2n) is 8.54. The van der Waals surface area contributed by atoms with E-state index < -0.39 is 7.32 Å². The van der Waals surface area contributed by atoms with Crippen LogP contribution < -0.4 is 24.0 Å². The Hall–Kier alpha value is -3.26. The minimum atomic E-state index is -2.92. The van der Waals surface area contributed by atoms with E-state index in [1.165, 1.54) is 22.7 Å². The Kier molecular flexibility index (Phi) is 10.2. The van der Waals surface area contributed by atoms with Gasteiger partial charge in [-0.2, -0.15) is 0 Å². The van der Waals surface area contributed by atoms with E-state index in [1.54, 1.807) is 0 Å². The third-order valence-corrected chi connectivity index (χ3v) is 5.61. The maximum Gasteiger partial charge on any atom is 1.00 e. The number of nitrogens with zero attached hydrogens (tertiary/aromatic N) is 2. The van der Waals surface area contributed by atoms with Gasteiger partial charge in [-0.05, 0) is 48.5 Å². The van der Waals surface area contributed by atoms with Crippen molar-refractivity contribution in [2.75, 3.05) is 28.2 Å². The molecular formula is C28H33BN2O3. The highest BCUT2D eigenvalue weighted by atomic mass is 16.5. The van der Waals surface area contributed by atoms with E-state index in [0.29, 0.717) is 0 Å². The molecule has 0 fully saturated rings. The van der Waals surface area contributed by atoms with E-state index in [2.05, 4.69) is 150 Å². The summed E-state index contributed by atoms with van der Waals surface area (Å²) in [4.78, 5) is 0. The second-order valence-corrected chi connectivity index (χ2v) is 8.54. The minimum absolute atomic E-state index is 0. The monoisotopic (exact) mass is 456 g/mol. The van der Waals surface area contributed by atoms with Crippen LogP contribution in [0.5, 0.6) is 0 Å². The highest BCUT2D eigenvalue weighted by molar-refractivity contribution is 6.24. The first-order valence-electron chi connectivity index (χ1n) is 11.0. The first-order chi connectivity index (χ1) is 16.2. The molecule has 0 aliphatic rings. The van der Waals surface area contributed by atoms with E-state index in [-0.39, 0.29) is 1.43 Å². The van der Waals surface area contributed by atoms with Gasteiger partial charge in [0.25, 0.3) is 0 Å². The summed E-state index contributed by atoms with van der Waals surface area (Å²) in [5.74, 6) is 0. The van der Waals surface area contributed by atoms with Gasteiger partial charge in [0.15, 0.2) is 0 Å². The predicted molar refractivity (Wildman–Crippen MR) is 139 cm³/mol. The van der Waals surface area contributed by atoms with Crippen LogP contribution in [0.2, 0.25) is 0 Å². The standard InChI is InChI=1S/2C14H16N.BO3/c2*1-15(2,13-9-5-3-6-10-13)14-11-7-4-8-12-14;2-1(3)4/h2*3-12H,1-2H3;/q2*+1;-3/p+1. The van der Waals surface area contributed by atoms with E-state index in [1.807, 2.05) is 0 Å². The second kappa shape index (κ2) is 12.8. The Morgan fingerprint density at radius 3 is 0.706 bits per heavy atom. The van der Waals surface area contributed by atoms with Crippen molar-refractivity contribution in [3.05, 3.63) is 121 Å². The van der Waals surface area contributed by atoms with E-state index in [0.717, 1.165) is 8.97 Å². The van der Waals surface area contributed by atoms with Crippen molar-refractivity contribution in [2.24, 2.45) is 0 Å². The molecule has 0 spiro atoms. The van der Waals surface area contributed by atoms with Crippen LogP contribution in [-0.4, -0.2) is 35.5 Å². The number of rotatable bonds is 4. The highest BCUT2D eigenvalue weighted by Crippen LogP contribution is 2.30. The molecule has 4 aromatic rings. The van der Waals surface area contributed by atoms with E-state index in [9.17, 15) is 0 Å². The SMILES string of the molecule is C[N+](C)(c1ccccc1)c1ccccc1.C[N+](C)(c1ccccc1)c1ccccc1.[H+].[O-]B([O-])[O-]. The zero-order chi connectivity index (χ0) is 25.0. The van der Waals surface area contributed by atoms with Crippen molar-refractivity contribution in [1.82, 2.24) is 8.97 Å². The molecule has 4 aromatic carbocycles. The summed E-state index contributed by atoms with van der Waals surface area (Å²) >= 11 is 0. The molecule has 0 aliphatic heterocycles. The molecule has 0 amide bonds. The zero-order valence-corrected chi connectivity index (χ0v) is 20.2. The van der Waals surface area contributed by atoms with Gasteiger partial charge in [0, 0.05) is 0 Å². The largest absolute Gasteiger partial charge is 1.00 e. The molecule has 0 N–H and O–H groups in total. The Bertz CT molecular complexity index is 909. The average molecular weight is 456 g/mol. The Labute approximate surface area is 205 Å². The van der Waals surface area contributed by atoms with Crippen molar-refractivity contribution < 1.29 is 16.5 Å². The third kappa shape index (κ3) is 7.95. The lowest BCUT2D eigenvalue weighted by molar-refractivity contribution is -0.479. The predicted octanol–water partition coefficient (Wildman–Crippen LogP) is 3.34. The molecule has 0 aromatic heterocycles. The molecule has 34 heavy (non-hydrogen) atoms. The number of para-hydroxylation sites is 4. The van der Waals surface area contributed by atoms with Gasteiger partial charge in [0.1, 0.15) is 22.7 Å². The normalized spacial score (nSPS) is 10.8. The van der Waals surface area contributed by atoms with Gasteiger partial charge in [-0.25, -0.2) is 0 Å². The summed E-state index contributed by atoms with van der Waals surface area (Å²) in [6.07, 6.45) is 0. The summed E-state index contributed by atoms with van der Waals surface area (Å²) in [5.41, 5.74) is 5.18. The fourth-order valence-corrected chi connectivity index (χ4v) is 3.50. The maximum absolute atomic E-state index is 8.42. The lowest BCUT2D eigenvalue weighted by Gasteiger charge is -2.35. The molecule has 0 saturated carbocycles. The summed E-state index contributed by atoms with van der Waals surface area (Å²) in [7, 11) is 5.88. The topological polar surface area (TPSA) is 69.2 Å². The van der Waals surface area contributed by atoms with Gasteiger partial charge < -0.3 is 15.1 Å². The van der Waals surface area contributed by atoms with Crippen LogP contribution in [0.25, 0.3) is 0 Å². The quantitative estimate of drug-likeness (QED) is 0.350. The smallest absolute Gasteiger partial charge is 0.907 e. The molecule has 0 unspecified atom stereocenters. The first-order valence-corrected chi connectivity index (χ1v) is 11.0. The summed E-state index contributed by atoms with van der Waals surface area (Å²) < 4.78 is 1.56. The fraction of sp³-hybridized carbons (Fsp3) is 0.143. The van der Waals surface area contributed by atoms with Crippen LogP contribution >= 0.6 is 0 Å². The van der Waals surface area contributed by atoms with Crippen LogP contribution in [0.4, 0.5) is 22.7 Å². The van der Waals surface area contributed by atoms with Crippen molar-refractivity contribution in [3.63, 3.8) is 0 Å². The average Bonchev–Trinajstić information content (AvgIpc) is 2.86. The van der Waals surface area contributed by atoms with E-state index in [4.69, 9.17) is 15.1 Å². The van der Waals surface area contributed by atoms with Gasteiger partial charge in [-0.15, -0.1) is 0 Å². The van der Waals surface area contributed by atoms with Gasteiger partial charge in [-0.1, -0.05) is 72.8 Å². The van der Waals surface area contributed by atoms with Crippen molar-refractivity contribution >= 4 is 30.1 Å². The molecule has 0 atom stereocenters. The summed E-state index contributed by atoms with van der Waals surface area (Å²) in [5, 5.41) is 25.2. The lowest BCUT2D eigenvalue weighted by Crippen LogP contribution is -2.56. The van der Waals surface area contributed by atoms with Crippen molar-refractivity contribution in [1.29, 1.82) is 0 Å². The lowest BCUT2D eigenvalue weighted by atomic mass is 10.2. The highest BCUT2D eigenvalue weighted by Gasteiger charge is 2.21. The summed E-state index contributed by atoms with van der Waals surface area (Å²) in [6.45, 7) is 0. The van der Waals surface area contributed by atoms with Crippen molar-refractivity contribution in [2.45, 2.75) is 0 Å².